The van der Waals surface area contributed by atoms with Crippen LogP contribution in [0.1, 0.15) is 11.1 Å². The highest BCUT2D eigenvalue weighted by Gasteiger charge is 2.43. The quantitative estimate of drug-likeness (QED) is 0.406. The van der Waals surface area contributed by atoms with Crippen LogP contribution in [0, 0.1) is 0 Å². The molecule has 0 aliphatic carbocycles. The molecular weight excluding hydrogens is 371 g/mol. The predicted octanol–water partition coefficient (Wildman–Crippen LogP) is 5.06. The molecule has 0 bridgehead atoms. The number of rotatable bonds is 8. The Morgan fingerprint density at radius 1 is 0.414 bits per heavy atom. The molecule has 0 atom stereocenters. The van der Waals surface area contributed by atoms with Crippen molar-refractivity contribution in [2.75, 3.05) is 0 Å². The van der Waals surface area contributed by atoms with E-state index < -0.39 is 7.56 Å². The summed E-state index contributed by atoms with van der Waals surface area (Å²) in [5.74, 6) is 0. The third-order valence-corrected chi connectivity index (χ3v) is 8.42. The van der Waals surface area contributed by atoms with E-state index in [2.05, 4.69) is 132 Å². The van der Waals surface area contributed by atoms with Crippen LogP contribution >= 0.6 is 7.56 Å². The summed E-state index contributed by atoms with van der Waals surface area (Å²) in [5.41, 5.74) is 2.57. The second-order valence-electron chi connectivity index (χ2n) is 6.98. The zero-order chi connectivity index (χ0) is 19.8. The summed E-state index contributed by atoms with van der Waals surface area (Å²) >= 11 is 0. The van der Waals surface area contributed by atoms with Gasteiger partial charge in [-0.3, -0.25) is 0 Å². The van der Waals surface area contributed by atoms with Gasteiger partial charge in [0, 0.05) is 0 Å². The van der Waals surface area contributed by atoms with Crippen molar-refractivity contribution in [1.29, 1.82) is 0 Å². The number of benzene rings is 4. The highest BCUT2D eigenvalue weighted by atomic mass is 31.2. The van der Waals surface area contributed by atoms with Crippen LogP contribution in [0.15, 0.2) is 121 Å². The van der Waals surface area contributed by atoms with Crippen LogP contribution in [0.5, 0.6) is 0 Å². The van der Waals surface area contributed by atoms with Gasteiger partial charge in [-0.15, -0.1) is 0 Å². The zero-order valence-corrected chi connectivity index (χ0v) is 17.3. The van der Waals surface area contributed by atoms with Gasteiger partial charge in [0.1, 0.15) is 10.6 Å². The monoisotopic (exact) mass is 397 g/mol. The molecule has 0 saturated carbocycles. The van der Waals surface area contributed by atoms with E-state index in [-0.39, 0.29) is 0 Å². The smallest absolute Gasteiger partial charge is 0.163 e. The van der Waals surface area contributed by atoms with Crippen LogP contribution in [0.2, 0.25) is 0 Å². The summed E-state index contributed by atoms with van der Waals surface area (Å²) < 4.78 is 0. The van der Waals surface area contributed by atoms with E-state index in [1.165, 1.54) is 21.7 Å². The minimum Gasteiger partial charge on any atom is -0.163 e. The fourth-order valence-electron chi connectivity index (χ4n) is 3.48. The van der Waals surface area contributed by atoms with E-state index in [0.717, 1.165) is 13.1 Å². The number of hydrogen-bond acceptors (Lipinski definition) is 2. The minimum atomic E-state index is -2.03. The Kier molecular flexibility index (Phi) is 6.49. The first-order valence-electron chi connectivity index (χ1n) is 9.95. The molecule has 0 saturated heterocycles. The lowest BCUT2D eigenvalue weighted by Crippen LogP contribution is -2.41. The third kappa shape index (κ3) is 4.81. The SMILES string of the molecule is c1ccc(CN[P+](NCc2ccccc2)(c2ccccc2)c2ccccc2)cc1. The molecule has 0 aromatic heterocycles. The summed E-state index contributed by atoms with van der Waals surface area (Å²) in [6.07, 6.45) is 0. The highest BCUT2D eigenvalue weighted by Crippen LogP contribution is 2.48. The minimum absolute atomic E-state index is 0.806. The summed E-state index contributed by atoms with van der Waals surface area (Å²) in [6.45, 7) is 1.61. The molecule has 4 aromatic rings. The van der Waals surface area contributed by atoms with Gasteiger partial charge in [-0.05, 0) is 35.4 Å². The van der Waals surface area contributed by atoms with E-state index >= 15 is 0 Å². The highest BCUT2D eigenvalue weighted by molar-refractivity contribution is 7.86. The third-order valence-electron chi connectivity index (χ3n) is 5.01. The van der Waals surface area contributed by atoms with Crippen LogP contribution in [-0.4, -0.2) is 0 Å². The Balaban J connectivity index is 1.73. The Hall–Kier alpha value is -2.77. The first-order chi connectivity index (χ1) is 14.4. The van der Waals surface area contributed by atoms with Gasteiger partial charge in [0.05, 0.1) is 13.1 Å². The molecule has 4 aromatic carbocycles. The van der Waals surface area contributed by atoms with Crippen molar-refractivity contribution in [3.63, 3.8) is 0 Å². The number of hydrogen-bond donors (Lipinski definition) is 2. The average molecular weight is 397 g/mol. The molecule has 0 heterocycles. The maximum absolute atomic E-state index is 3.95. The molecule has 0 amide bonds. The van der Waals surface area contributed by atoms with Crippen LogP contribution < -0.4 is 20.8 Å². The molecule has 0 radical (unpaired) electrons. The molecule has 29 heavy (non-hydrogen) atoms. The normalized spacial score (nSPS) is 11.3. The second-order valence-corrected chi connectivity index (χ2v) is 9.99. The fourth-order valence-corrected chi connectivity index (χ4v) is 6.70. The van der Waals surface area contributed by atoms with Crippen LogP contribution in [0.25, 0.3) is 0 Å². The molecule has 2 N–H and O–H groups in total. The molecule has 0 fully saturated rings. The van der Waals surface area contributed by atoms with Gasteiger partial charge < -0.3 is 0 Å². The average Bonchev–Trinajstić information content (AvgIpc) is 2.82. The molecule has 0 aliphatic heterocycles. The van der Waals surface area contributed by atoms with Crippen molar-refractivity contribution in [3.8, 4) is 0 Å². The number of nitrogens with one attached hydrogen (secondary N) is 2. The zero-order valence-electron chi connectivity index (χ0n) is 16.4. The molecule has 4 rings (SSSR count). The molecule has 3 heteroatoms. The molecule has 0 unspecified atom stereocenters. The molecule has 2 nitrogen and oxygen atoms in total. The van der Waals surface area contributed by atoms with Crippen molar-refractivity contribution >= 4 is 18.2 Å². The van der Waals surface area contributed by atoms with Crippen molar-refractivity contribution in [2.24, 2.45) is 0 Å². The summed E-state index contributed by atoms with van der Waals surface area (Å²) in [5, 5.41) is 10.5. The summed E-state index contributed by atoms with van der Waals surface area (Å²) in [7, 11) is -2.03. The van der Waals surface area contributed by atoms with Crippen molar-refractivity contribution < 1.29 is 0 Å². The van der Waals surface area contributed by atoms with Gasteiger partial charge in [0.25, 0.3) is 0 Å². The van der Waals surface area contributed by atoms with Gasteiger partial charge in [-0.1, -0.05) is 97.1 Å². The largest absolute Gasteiger partial charge is 0.214 e. The van der Waals surface area contributed by atoms with Gasteiger partial charge >= 0.3 is 0 Å². The first kappa shape index (κ1) is 19.5. The first-order valence-corrected chi connectivity index (χ1v) is 11.7. The Morgan fingerprint density at radius 2 is 0.724 bits per heavy atom. The van der Waals surface area contributed by atoms with E-state index in [4.69, 9.17) is 0 Å². The van der Waals surface area contributed by atoms with Crippen LogP contribution in [0.3, 0.4) is 0 Å². The van der Waals surface area contributed by atoms with Crippen LogP contribution in [-0.2, 0) is 13.1 Å². The Labute approximate surface area is 174 Å². The second kappa shape index (κ2) is 9.62. The fraction of sp³-hybridized carbons (Fsp3) is 0.0769. The molecular formula is C26H26N2P+. The maximum atomic E-state index is 3.95. The maximum Gasteiger partial charge on any atom is 0.214 e. The lowest BCUT2D eigenvalue weighted by molar-refractivity contribution is 0.885. The van der Waals surface area contributed by atoms with Gasteiger partial charge in [-0.2, -0.15) is 10.2 Å². The van der Waals surface area contributed by atoms with E-state index in [0.29, 0.717) is 0 Å². The van der Waals surface area contributed by atoms with Crippen molar-refractivity contribution in [2.45, 2.75) is 13.1 Å². The van der Waals surface area contributed by atoms with Crippen molar-refractivity contribution in [1.82, 2.24) is 10.2 Å². The van der Waals surface area contributed by atoms with Gasteiger partial charge in [-0.25, -0.2) is 0 Å². The molecule has 0 spiro atoms. The molecule has 0 aliphatic rings. The topological polar surface area (TPSA) is 24.1 Å². The van der Waals surface area contributed by atoms with Gasteiger partial charge in [0.15, 0.2) is 0 Å². The summed E-state index contributed by atoms with van der Waals surface area (Å²) in [4.78, 5) is 0. The Bertz CT molecular complexity index is 905. The van der Waals surface area contributed by atoms with E-state index in [9.17, 15) is 0 Å². The van der Waals surface area contributed by atoms with Crippen molar-refractivity contribution in [3.05, 3.63) is 132 Å². The lowest BCUT2D eigenvalue weighted by atomic mass is 10.2. The predicted molar refractivity (Wildman–Crippen MR) is 126 cm³/mol. The van der Waals surface area contributed by atoms with Crippen LogP contribution in [0.4, 0.5) is 0 Å². The summed E-state index contributed by atoms with van der Waals surface area (Å²) in [6, 6.07) is 42.8. The van der Waals surface area contributed by atoms with E-state index in [1.807, 2.05) is 0 Å². The lowest BCUT2D eigenvalue weighted by Gasteiger charge is -2.28. The molecule has 144 valence electrons. The standard InChI is InChI=1S/C26H26N2P/c1-5-13-23(14-6-1)21-27-29(25-17-9-3-10-18-25,26-19-11-4-12-20-26)28-22-24-15-7-2-8-16-24/h1-20,27-28H,21-22H2/q+1. The van der Waals surface area contributed by atoms with Gasteiger partial charge in [0.2, 0.25) is 7.56 Å². The Morgan fingerprint density at radius 3 is 1.07 bits per heavy atom. The van der Waals surface area contributed by atoms with E-state index in [1.54, 1.807) is 0 Å².